The highest BCUT2D eigenvalue weighted by Gasteiger charge is 2.36. The summed E-state index contributed by atoms with van der Waals surface area (Å²) >= 11 is 0. The van der Waals surface area contributed by atoms with Crippen molar-refractivity contribution in [3.63, 3.8) is 0 Å². The van der Waals surface area contributed by atoms with Crippen LogP contribution in [0.15, 0.2) is 24.4 Å². The van der Waals surface area contributed by atoms with Crippen LogP contribution < -0.4 is 0 Å². The number of rotatable bonds is 4. The van der Waals surface area contributed by atoms with Crippen molar-refractivity contribution in [2.75, 3.05) is 6.61 Å². The molecule has 3 rings (SSSR count). The average Bonchev–Trinajstić information content (AvgIpc) is 3.05. The summed E-state index contributed by atoms with van der Waals surface area (Å²) in [5, 5.41) is 12.6. The number of aliphatic hydroxyl groups excluding tert-OH is 1. The predicted octanol–water partition coefficient (Wildman–Crippen LogP) is 2.97. The van der Waals surface area contributed by atoms with Crippen LogP contribution in [0.1, 0.15) is 34.4 Å². The number of aromatic nitrogens is 2. The molecule has 0 fully saturated rings. The highest BCUT2D eigenvalue weighted by Crippen LogP contribution is 2.31. The van der Waals surface area contributed by atoms with Crippen LogP contribution in [0.3, 0.4) is 0 Å². The van der Waals surface area contributed by atoms with Crippen LogP contribution in [0.4, 0.5) is 13.2 Å². The van der Waals surface area contributed by atoms with Crippen molar-refractivity contribution in [1.82, 2.24) is 9.78 Å². The second-order valence-electron chi connectivity index (χ2n) is 5.63. The highest BCUT2D eigenvalue weighted by atomic mass is 19.4. The maximum absolute atomic E-state index is 12.9. The van der Waals surface area contributed by atoms with Gasteiger partial charge in [0, 0.05) is 18.4 Å². The Kier molecular flexibility index (Phi) is 3.95. The quantitative estimate of drug-likeness (QED) is 0.943. The first kappa shape index (κ1) is 15.1. The molecule has 1 N–H and O–H groups in total. The van der Waals surface area contributed by atoms with Gasteiger partial charge in [0.05, 0.1) is 6.54 Å². The van der Waals surface area contributed by atoms with Crippen molar-refractivity contribution >= 4 is 0 Å². The number of halogens is 3. The Morgan fingerprint density at radius 2 is 1.95 bits per heavy atom. The van der Waals surface area contributed by atoms with Gasteiger partial charge in [-0.3, -0.25) is 4.68 Å². The average molecular weight is 310 g/mol. The van der Waals surface area contributed by atoms with Crippen LogP contribution in [0.2, 0.25) is 0 Å². The zero-order valence-electron chi connectivity index (χ0n) is 12.0. The number of alkyl halides is 3. The molecule has 22 heavy (non-hydrogen) atoms. The van der Waals surface area contributed by atoms with E-state index in [0.717, 1.165) is 24.8 Å². The minimum Gasteiger partial charge on any atom is -0.396 e. The van der Waals surface area contributed by atoms with Crippen molar-refractivity contribution in [3.8, 4) is 0 Å². The van der Waals surface area contributed by atoms with Crippen molar-refractivity contribution in [1.29, 1.82) is 0 Å². The minimum atomic E-state index is -4.49. The van der Waals surface area contributed by atoms with Crippen LogP contribution in [0.5, 0.6) is 0 Å². The third kappa shape index (κ3) is 3.02. The van der Waals surface area contributed by atoms with Crippen molar-refractivity contribution < 1.29 is 18.3 Å². The second kappa shape index (κ2) is 5.76. The summed E-state index contributed by atoms with van der Waals surface area (Å²) in [6.45, 7) is -0.0184. The molecule has 0 unspecified atom stereocenters. The Morgan fingerprint density at radius 3 is 2.68 bits per heavy atom. The van der Waals surface area contributed by atoms with Gasteiger partial charge in [0.1, 0.15) is 0 Å². The number of aryl methyl sites for hydroxylation is 2. The van der Waals surface area contributed by atoms with Gasteiger partial charge in [-0.05, 0) is 42.4 Å². The first-order chi connectivity index (χ1) is 10.5. The molecule has 0 saturated carbocycles. The SMILES string of the molecule is OCCc1cn(Cc2ccc3c(c2)CCC3)nc1C(F)(F)F. The molecule has 0 radical (unpaired) electrons. The lowest BCUT2D eigenvalue weighted by Crippen LogP contribution is -2.11. The summed E-state index contributed by atoms with van der Waals surface area (Å²) in [5.41, 5.74) is 2.71. The van der Waals surface area contributed by atoms with E-state index in [1.807, 2.05) is 6.07 Å². The normalized spacial score (nSPS) is 14.4. The fourth-order valence-electron chi connectivity index (χ4n) is 3.00. The van der Waals surface area contributed by atoms with Gasteiger partial charge in [-0.25, -0.2) is 0 Å². The molecule has 0 saturated heterocycles. The molecule has 1 aliphatic carbocycles. The molecule has 2 aromatic rings. The first-order valence-corrected chi connectivity index (χ1v) is 7.32. The molecule has 0 bridgehead atoms. The molecule has 1 aromatic carbocycles. The van der Waals surface area contributed by atoms with Gasteiger partial charge in [-0.2, -0.15) is 18.3 Å². The molecule has 3 nitrogen and oxygen atoms in total. The van der Waals surface area contributed by atoms with Gasteiger partial charge >= 0.3 is 6.18 Å². The van der Waals surface area contributed by atoms with E-state index >= 15 is 0 Å². The molecular weight excluding hydrogens is 293 g/mol. The summed E-state index contributed by atoms with van der Waals surface area (Å²) < 4.78 is 40.1. The Labute approximate surface area is 126 Å². The van der Waals surface area contributed by atoms with Gasteiger partial charge in [-0.15, -0.1) is 0 Å². The van der Waals surface area contributed by atoms with Crippen molar-refractivity contribution in [2.24, 2.45) is 0 Å². The number of nitrogens with zero attached hydrogens (tertiary/aromatic N) is 2. The first-order valence-electron chi connectivity index (χ1n) is 7.32. The minimum absolute atomic E-state index is 0.0381. The van der Waals surface area contributed by atoms with E-state index in [1.165, 1.54) is 22.0 Å². The predicted molar refractivity (Wildman–Crippen MR) is 75.6 cm³/mol. The molecule has 6 heteroatoms. The fraction of sp³-hybridized carbons (Fsp3) is 0.438. The lowest BCUT2D eigenvalue weighted by atomic mass is 10.1. The van der Waals surface area contributed by atoms with E-state index in [0.29, 0.717) is 6.54 Å². The zero-order valence-corrected chi connectivity index (χ0v) is 12.0. The van der Waals surface area contributed by atoms with E-state index < -0.39 is 11.9 Å². The summed E-state index contributed by atoms with van der Waals surface area (Å²) in [4.78, 5) is 0. The van der Waals surface area contributed by atoms with Crippen LogP contribution in [0, 0.1) is 0 Å². The van der Waals surface area contributed by atoms with Gasteiger partial charge < -0.3 is 5.11 Å². The molecule has 1 heterocycles. The maximum Gasteiger partial charge on any atom is 0.435 e. The third-order valence-electron chi connectivity index (χ3n) is 3.99. The van der Waals surface area contributed by atoms with Crippen molar-refractivity contribution in [2.45, 2.75) is 38.4 Å². The summed E-state index contributed by atoms with van der Waals surface area (Å²) in [6, 6.07) is 6.06. The summed E-state index contributed by atoms with van der Waals surface area (Å²) in [5.74, 6) is 0. The number of hydrogen-bond donors (Lipinski definition) is 1. The Morgan fingerprint density at radius 1 is 1.18 bits per heavy atom. The number of fused-ring (bicyclic) bond motifs is 1. The highest BCUT2D eigenvalue weighted by molar-refractivity contribution is 5.35. The van der Waals surface area contributed by atoms with Crippen LogP contribution >= 0.6 is 0 Å². The van der Waals surface area contributed by atoms with Gasteiger partial charge in [0.15, 0.2) is 5.69 Å². The van der Waals surface area contributed by atoms with E-state index in [9.17, 15) is 13.2 Å². The molecule has 0 aliphatic heterocycles. The van der Waals surface area contributed by atoms with Gasteiger partial charge in [0.25, 0.3) is 0 Å². The molecule has 1 aliphatic rings. The lowest BCUT2D eigenvalue weighted by molar-refractivity contribution is -0.142. The Hall–Kier alpha value is -1.82. The van der Waals surface area contributed by atoms with Crippen LogP contribution in [0.25, 0.3) is 0 Å². The third-order valence-corrected chi connectivity index (χ3v) is 3.99. The monoisotopic (exact) mass is 310 g/mol. The van der Waals surface area contributed by atoms with E-state index in [1.54, 1.807) is 0 Å². The summed E-state index contributed by atoms with van der Waals surface area (Å²) in [7, 11) is 0. The van der Waals surface area contributed by atoms with E-state index in [4.69, 9.17) is 5.11 Å². The van der Waals surface area contributed by atoms with Crippen LogP contribution in [-0.2, 0) is 32.0 Å². The molecule has 0 spiro atoms. The molecule has 1 aromatic heterocycles. The van der Waals surface area contributed by atoms with E-state index in [-0.39, 0.29) is 18.6 Å². The number of aliphatic hydroxyl groups is 1. The fourth-order valence-corrected chi connectivity index (χ4v) is 3.00. The van der Waals surface area contributed by atoms with Gasteiger partial charge in [-0.1, -0.05) is 18.2 Å². The largest absolute Gasteiger partial charge is 0.435 e. The summed E-state index contributed by atoms with van der Waals surface area (Å²) in [6.07, 6.45) is 0.0977. The molecule has 0 amide bonds. The Balaban J connectivity index is 1.86. The van der Waals surface area contributed by atoms with E-state index in [2.05, 4.69) is 17.2 Å². The topological polar surface area (TPSA) is 38.0 Å². The number of benzene rings is 1. The Bertz CT molecular complexity index is 677. The lowest BCUT2D eigenvalue weighted by Gasteiger charge is -2.06. The smallest absolute Gasteiger partial charge is 0.396 e. The van der Waals surface area contributed by atoms with Crippen molar-refractivity contribution in [3.05, 3.63) is 52.3 Å². The zero-order chi connectivity index (χ0) is 15.7. The molecule has 118 valence electrons. The standard InChI is InChI=1S/C16H17F3N2O/c17-16(18,19)15-14(6-7-22)10-21(20-15)9-11-4-5-12-2-1-3-13(12)8-11/h4-5,8,10,22H,1-3,6-7,9H2. The molecular formula is C16H17F3N2O. The number of hydrogen-bond acceptors (Lipinski definition) is 2. The van der Waals surface area contributed by atoms with Crippen LogP contribution in [-0.4, -0.2) is 21.5 Å². The second-order valence-corrected chi connectivity index (χ2v) is 5.63. The van der Waals surface area contributed by atoms with Gasteiger partial charge in [0.2, 0.25) is 0 Å². The molecule has 0 atom stereocenters. The maximum atomic E-state index is 12.9.